The molecule has 0 radical (unpaired) electrons. The minimum Gasteiger partial charge on any atom is -0.451 e. The van der Waals surface area contributed by atoms with Crippen LogP contribution in [0.1, 0.15) is 55.6 Å². The zero-order valence-electron chi connectivity index (χ0n) is 17.5. The summed E-state index contributed by atoms with van der Waals surface area (Å²) in [6.07, 6.45) is 4.09. The highest BCUT2D eigenvalue weighted by molar-refractivity contribution is 7.89. The van der Waals surface area contributed by atoms with E-state index in [-0.39, 0.29) is 10.8 Å². The van der Waals surface area contributed by atoms with Crippen molar-refractivity contribution in [1.82, 2.24) is 9.21 Å². The van der Waals surface area contributed by atoms with Crippen LogP contribution in [-0.4, -0.2) is 49.7 Å². The lowest BCUT2D eigenvalue weighted by atomic mass is 10.00. The van der Waals surface area contributed by atoms with Crippen molar-refractivity contribution in [2.75, 3.05) is 26.2 Å². The number of carbonyl (C=O) groups excluding carboxylic acids is 1. The number of likely N-dealkylation sites (tertiary alicyclic amines) is 1. The fourth-order valence-electron chi connectivity index (χ4n) is 4.60. The van der Waals surface area contributed by atoms with E-state index in [2.05, 4.69) is 13.8 Å². The molecule has 29 heavy (non-hydrogen) atoms. The van der Waals surface area contributed by atoms with Crippen LogP contribution >= 0.6 is 0 Å². The molecule has 0 aliphatic carbocycles. The first-order valence-corrected chi connectivity index (χ1v) is 12.0. The summed E-state index contributed by atoms with van der Waals surface area (Å²) in [4.78, 5) is 15.1. The Morgan fingerprint density at radius 3 is 2.45 bits per heavy atom. The Morgan fingerprint density at radius 1 is 1.07 bits per heavy atom. The number of nitrogens with zero attached hydrogens (tertiary/aromatic N) is 2. The van der Waals surface area contributed by atoms with Crippen LogP contribution in [0.4, 0.5) is 0 Å². The minimum absolute atomic E-state index is 0.0977. The van der Waals surface area contributed by atoms with Crippen molar-refractivity contribution in [3.05, 3.63) is 29.5 Å². The molecule has 7 heteroatoms. The van der Waals surface area contributed by atoms with E-state index in [0.717, 1.165) is 38.8 Å². The molecule has 2 fully saturated rings. The van der Waals surface area contributed by atoms with Gasteiger partial charge in [-0.05, 0) is 62.6 Å². The lowest BCUT2D eigenvalue weighted by Gasteiger charge is -2.30. The molecule has 2 atom stereocenters. The van der Waals surface area contributed by atoms with Crippen LogP contribution in [0.15, 0.2) is 27.5 Å². The first kappa shape index (κ1) is 20.4. The summed E-state index contributed by atoms with van der Waals surface area (Å²) in [6, 6.07) is 4.94. The standard InChI is InChI=1S/C22H30N2O4S/c1-15-6-4-10-23(13-15)22(25)21-17(3)19-12-18(8-9-20(19)28-21)29(26,27)24-11-5-7-16(2)14-24/h8-9,12,15-16H,4-7,10-11,13-14H2,1-3H3. The number of benzene rings is 1. The molecule has 1 aromatic carbocycles. The highest BCUT2D eigenvalue weighted by atomic mass is 32.2. The van der Waals surface area contributed by atoms with Crippen molar-refractivity contribution in [2.45, 2.75) is 51.3 Å². The van der Waals surface area contributed by atoms with Crippen molar-refractivity contribution in [2.24, 2.45) is 11.8 Å². The molecule has 0 bridgehead atoms. The van der Waals surface area contributed by atoms with Crippen LogP contribution < -0.4 is 0 Å². The molecule has 158 valence electrons. The van der Waals surface area contributed by atoms with Gasteiger partial charge >= 0.3 is 0 Å². The van der Waals surface area contributed by atoms with Crippen molar-refractivity contribution in [3.8, 4) is 0 Å². The van der Waals surface area contributed by atoms with E-state index in [4.69, 9.17) is 4.42 Å². The monoisotopic (exact) mass is 418 g/mol. The summed E-state index contributed by atoms with van der Waals surface area (Å²) >= 11 is 0. The topological polar surface area (TPSA) is 70.8 Å². The normalized spacial score (nSPS) is 24.2. The number of fused-ring (bicyclic) bond motifs is 1. The Hall–Kier alpha value is -1.86. The van der Waals surface area contributed by atoms with Gasteiger partial charge in [0.05, 0.1) is 4.90 Å². The van der Waals surface area contributed by atoms with Crippen LogP contribution in [0.3, 0.4) is 0 Å². The van der Waals surface area contributed by atoms with E-state index in [1.807, 2.05) is 11.8 Å². The van der Waals surface area contributed by atoms with Gasteiger partial charge in [-0.15, -0.1) is 0 Å². The average molecular weight is 419 g/mol. The summed E-state index contributed by atoms with van der Waals surface area (Å²) in [7, 11) is -3.55. The third-order valence-corrected chi connectivity index (χ3v) is 8.16. The van der Waals surface area contributed by atoms with Gasteiger partial charge in [0.2, 0.25) is 10.0 Å². The number of sulfonamides is 1. The molecule has 1 amide bonds. The number of aryl methyl sites for hydroxylation is 1. The largest absolute Gasteiger partial charge is 0.451 e. The van der Waals surface area contributed by atoms with E-state index in [1.165, 1.54) is 0 Å². The number of hydrogen-bond acceptors (Lipinski definition) is 4. The molecule has 0 saturated carbocycles. The number of furan rings is 1. The van der Waals surface area contributed by atoms with Gasteiger partial charge in [0, 0.05) is 37.1 Å². The maximum atomic E-state index is 13.1. The molecule has 3 heterocycles. The number of rotatable bonds is 3. The Labute approximate surface area is 172 Å². The SMILES string of the molecule is Cc1c(C(=O)N2CCCC(C)C2)oc2ccc(S(=O)(=O)N3CCCC(C)C3)cc12. The second-order valence-electron chi connectivity index (χ2n) is 8.82. The molecular weight excluding hydrogens is 388 g/mol. The fourth-order valence-corrected chi connectivity index (χ4v) is 6.22. The summed E-state index contributed by atoms with van der Waals surface area (Å²) in [5.74, 6) is 1.09. The molecule has 6 nitrogen and oxygen atoms in total. The third kappa shape index (κ3) is 3.82. The van der Waals surface area contributed by atoms with Crippen LogP contribution in [0.25, 0.3) is 11.0 Å². The number of amides is 1. The lowest BCUT2D eigenvalue weighted by molar-refractivity contribution is 0.0652. The van der Waals surface area contributed by atoms with Crippen LogP contribution in [0.5, 0.6) is 0 Å². The van der Waals surface area contributed by atoms with E-state index in [9.17, 15) is 13.2 Å². The molecule has 2 aliphatic heterocycles. The van der Waals surface area contributed by atoms with E-state index in [0.29, 0.717) is 47.2 Å². The predicted molar refractivity (Wildman–Crippen MR) is 112 cm³/mol. The average Bonchev–Trinajstić information content (AvgIpc) is 3.03. The quantitative estimate of drug-likeness (QED) is 0.754. The van der Waals surface area contributed by atoms with E-state index in [1.54, 1.807) is 22.5 Å². The highest BCUT2D eigenvalue weighted by Crippen LogP contribution is 2.31. The lowest BCUT2D eigenvalue weighted by Crippen LogP contribution is -2.39. The molecule has 1 aromatic heterocycles. The third-order valence-electron chi connectivity index (χ3n) is 6.30. The van der Waals surface area contributed by atoms with Crippen molar-refractivity contribution in [1.29, 1.82) is 0 Å². The smallest absolute Gasteiger partial charge is 0.289 e. The van der Waals surface area contributed by atoms with Gasteiger partial charge in [-0.2, -0.15) is 4.31 Å². The molecule has 4 rings (SSSR count). The second kappa shape index (κ2) is 7.76. The minimum atomic E-state index is -3.55. The molecular formula is C22H30N2O4S. The zero-order valence-corrected chi connectivity index (χ0v) is 18.3. The predicted octanol–water partition coefficient (Wildman–Crippen LogP) is 4.03. The number of hydrogen-bond donors (Lipinski definition) is 0. The first-order valence-electron chi connectivity index (χ1n) is 10.6. The summed E-state index contributed by atoms with van der Waals surface area (Å²) in [5.41, 5.74) is 1.27. The van der Waals surface area contributed by atoms with Gasteiger partial charge in [0.15, 0.2) is 5.76 Å². The second-order valence-corrected chi connectivity index (χ2v) is 10.8. The van der Waals surface area contributed by atoms with Crippen molar-refractivity contribution in [3.63, 3.8) is 0 Å². The summed E-state index contributed by atoms with van der Waals surface area (Å²) in [5, 5.41) is 0.699. The maximum Gasteiger partial charge on any atom is 0.289 e. The fraction of sp³-hybridized carbons (Fsp3) is 0.591. The van der Waals surface area contributed by atoms with Crippen LogP contribution in [0.2, 0.25) is 0 Å². The zero-order chi connectivity index (χ0) is 20.8. The van der Waals surface area contributed by atoms with Gasteiger partial charge in [0.1, 0.15) is 5.58 Å². The van der Waals surface area contributed by atoms with Gasteiger partial charge in [-0.3, -0.25) is 4.79 Å². The van der Waals surface area contributed by atoms with Gasteiger partial charge in [0.25, 0.3) is 5.91 Å². The number of piperidine rings is 2. The molecule has 2 aliphatic rings. The Bertz CT molecular complexity index is 1030. The van der Waals surface area contributed by atoms with E-state index >= 15 is 0 Å². The Morgan fingerprint density at radius 2 is 1.76 bits per heavy atom. The van der Waals surface area contributed by atoms with Crippen molar-refractivity contribution >= 4 is 26.9 Å². The first-order chi connectivity index (χ1) is 13.8. The van der Waals surface area contributed by atoms with Crippen LogP contribution in [-0.2, 0) is 10.0 Å². The molecule has 0 spiro atoms. The van der Waals surface area contributed by atoms with Gasteiger partial charge in [-0.25, -0.2) is 8.42 Å². The van der Waals surface area contributed by atoms with Gasteiger partial charge < -0.3 is 9.32 Å². The Kier molecular flexibility index (Phi) is 5.46. The Balaban J connectivity index is 1.66. The summed E-state index contributed by atoms with van der Waals surface area (Å²) in [6.45, 7) is 8.68. The maximum absolute atomic E-state index is 13.1. The van der Waals surface area contributed by atoms with E-state index < -0.39 is 10.0 Å². The number of carbonyl (C=O) groups is 1. The highest BCUT2D eigenvalue weighted by Gasteiger charge is 2.30. The van der Waals surface area contributed by atoms with Crippen molar-refractivity contribution < 1.29 is 17.6 Å². The molecule has 2 saturated heterocycles. The molecule has 0 N–H and O–H groups in total. The van der Waals surface area contributed by atoms with Gasteiger partial charge in [-0.1, -0.05) is 13.8 Å². The summed E-state index contributed by atoms with van der Waals surface area (Å²) < 4.78 is 33.7. The molecule has 2 aromatic rings. The molecule has 2 unspecified atom stereocenters. The van der Waals surface area contributed by atoms with Crippen LogP contribution in [0, 0.1) is 18.8 Å².